The molecule has 1 saturated heterocycles. The van der Waals surface area contributed by atoms with Gasteiger partial charge in [-0.05, 0) is 36.8 Å². The largest absolute Gasteiger partial charge is 0.508 e. The van der Waals surface area contributed by atoms with Crippen molar-refractivity contribution < 1.29 is 9.84 Å². The molecule has 1 saturated carbocycles. The minimum atomic E-state index is -0.109. The van der Waals surface area contributed by atoms with Crippen molar-refractivity contribution in [3.05, 3.63) is 29.8 Å². The molecule has 0 amide bonds. The van der Waals surface area contributed by atoms with Crippen LogP contribution < -0.4 is 5.73 Å². The van der Waals surface area contributed by atoms with Gasteiger partial charge in [0.05, 0.1) is 0 Å². The van der Waals surface area contributed by atoms with Crippen LogP contribution in [0, 0.1) is 5.92 Å². The van der Waals surface area contributed by atoms with E-state index in [2.05, 4.69) is 0 Å². The molecule has 2 atom stereocenters. The Morgan fingerprint density at radius 1 is 1.24 bits per heavy atom. The Morgan fingerprint density at radius 2 is 1.94 bits per heavy atom. The van der Waals surface area contributed by atoms with Gasteiger partial charge in [0.2, 0.25) is 0 Å². The van der Waals surface area contributed by atoms with E-state index in [1.807, 2.05) is 18.2 Å². The molecule has 1 aliphatic heterocycles. The van der Waals surface area contributed by atoms with E-state index in [4.69, 9.17) is 10.5 Å². The Balaban J connectivity index is 1.78. The fraction of sp³-hybridized carbons (Fsp3) is 0.571. The van der Waals surface area contributed by atoms with E-state index in [0.29, 0.717) is 17.6 Å². The average Bonchev–Trinajstić information content (AvgIpc) is 3.05. The first-order valence-electron chi connectivity index (χ1n) is 6.36. The smallest absolute Gasteiger partial charge is 0.119 e. The van der Waals surface area contributed by atoms with E-state index in [9.17, 15) is 5.11 Å². The van der Waals surface area contributed by atoms with Crippen LogP contribution in [0.2, 0.25) is 0 Å². The number of ether oxygens (including phenoxy) is 1. The quantitative estimate of drug-likeness (QED) is 0.821. The predicted molar refractivity (Wildman–Crippen MR) is 65.9 cm³/mol. The van der Waals surface area contributed by atoms with Crippen molar-refractivity contribution in [3.8, 4) is 5.75 Å². The van der Waals surface area contributed by atoms with Gasteiger partial charge < -0.3 is 15.6 Å². The number of para-hydroxylation sites is 1. The summed E-state index contributed by atoms with van der Waals surface area (Å²) in [6.07, 6.45) is 3.11. The van der Waals surface area contributed by atoms with Gasteiger partial charge in [-0.25, -0.2) is 0 Å². The summed E-state index contributed by atoms with van der Waals surface area (Å²) in [7, 11) is 0. The van der Waals surface area contributed by atoms with Crippen molar-refractivity contribution in [1.29, 1.82) is 0 Å². The van der Waals surface area contributed by atoms with Gasteiger partial charge in [0, 0.05) is 24.7 Å². The van der Waals surface area contributed by atoms with Crippen LogP contribution in [-0.4, -0.2) is 23.9 Å². The number of nitrogens with two attached hydrogens (primary N) is 1. The first-order valence-corrected chi connectivity index (χ1v) is 6.36. The highest BCUT2D eigenvalue weighted by Crippen LogP contribution is 2.57. The normalized spacial score (nSPS) is 33.6. The molecule has 0 bridgehead atoms. The van der Waals surface area contributed by atoms with Crippen LogP contribution in [-0.2, 0) is 4.74 Å². The molecule has 3 N–H and O–H groups in total. The van der Waals surface area contributed by atoms with Crippen LogP contribution in [0.5, 0.6) is 5.75 Å². The number of benzene rings is 1. The van der Waals surface area contributed by atoms with Gasteiger partial charge in [-0.15, -0.1) is 0 Å². The second-order valence-corrected chi connectivity index (χ2v) is 5.31. The number of hydrogen-bond donors (Lipinski definition) is 2. The minimum absolute atomic E-state index is 0.109. The zero-order chi connectivity index (χ0) is 11.9. The van der Waals surface area contributed by atoms with Gasteiger partial charge >= 0.3 is 0 Å². The molecule has 1 aromatic carbocycles. The maximum Gasteiger partial charge on any atom is 0.119 e. The number of aromatic hydroxyl groups is 1. The zero-order valence-electron chi connectivity index (χ0n) is 9.93. The molecule has 3 nitrogen and oxygen atoms in total. The predicted octanol–water partition coefficient (Wildman–Crippen LogP) is 2.00. The third kappa shape index (κ3) is 1.83. The lowest BCUT2D eigenvalue weighted by Crippen LogP contribution is -2.38. The molecule has 2 aliphatic rings. The second-order valence-electron chi connectivity index (χ2n) is 5.31. The van der Waals surface area contributed by atoms with Gasteiger partial charge in [0.25, 0.3) is 0 Å². The maximum absolute atomic E-state index is 9.87. The van der Waals surface area contributed by atoms with Crippen LogP contribution in [0.15, 0.2) is 24.3 Å². The van der Waals surface area contributed by atoms with Gasteiger partial charge in [0.15, 0.2) is 0 Å². The molecular formula is C14H19NO2. The molecule has 0 spiro atoms. The number of rotatable bonds is 2. The number of hydrogen-bond acceptors (Lipinski definition) is 3. The molecule has 1 heterocycles. The standard InChI is InChI=1S/C14H19NO2/c15-14(10-5-7-17-8-6-10)9-12(14)11-3-1-2-4-13(11)16/h1-4,10,12,16H,5-9,15H2. The Hall–Kier alpha value is -1.06. The van der Waals surface area contributed by atoms with Crippen LogP contribution in [0.4, 0.5) is 0 Å². The first kappa shape index (κ1) is 11.1. The van der Waals surface area contributed by atoms with Crippen LogP contribution in [0.25, 0.3) is 0 Å². The third-order valence-corrected chi connectivity index (χ3v) is 4.34. The summed E-state index contributed by atoms with van der Waals surface area (Å²) in [5.41, 5.74) is 7.41. The monoisotopic (exact) mass is 233 g/mol. The molecule has 3 rings (SSSR count). The molecule has 3 heteroatoms. The van der Waals surface area contributed by atoms with Crippen molar-refractivity contribution in [2.75, 3.05) is 13.2 Å². The van der Waals surface area contributed by atoms with E-state index in [1.54, 1.807) is 6.07 Å². The highest BCUT2D eigenvalue weighted by atomic mass is 16.5. The topological polar surface area (TPSA) is 55.5 Å². The molecule has 0 radical (unpaired) electrons. The second kappa shape index (κ2) is 4.00. The highest BCUT2D eigenvalue weighted by Gasteiger charge is 2.57. The first-order chi connectivity index (χ1) is 8.22. The Labute approximate surface area is 102 Å². The fourth-order valence-corrected chi connectivity index (χ4v) is 3.16. The molecule has 2 fully saturated rings. The summed E-state index contributed by atoms with van der Waals surface area (Å²) < 4.78 is 5.38. The van der Waals surface area contributed by atoms with E-state index in [-0.39, 0.29) is 5.54 Å². The minimum Gasteiger partial charge on any atom is -0.508 e. The highest BCUT2D eigenvalue weighted by molar-refractivity contribution is 5.43. The Kier molecular flexibility index (Phi) is 2.60. The molecule has 0 aromatic heterocycles. The van der Waals surface area contributed by atoms with Crippen molar-refractivity contribution in [1.82, 2.24) is 0 Å². The average molecular weight is 233 g/mol. The molecule has 2 unspecified atom stereocenters. The fourth-order valence-electron chi connectivity index (χ4n) is 3.16. The summed E-state index contributed by atoms with van der Waals surface area (Å²) in [5, 5.41) is 9.87. The van der Waals surface area contributed by atoms with Crippen molar-refractivity contribution >= 4 is 0 Å². The van der Waals surface area contributed by atoms with Gasteiger partial charge in [0.1, 0.15) is 5.75 Å². The van der Waals surface area contributed by atoms with Crippen LogP contribution in [0.1, 0.15) is 30.7 Å². The van der Waals surface area contributed by atoms with Crippen molar-refractivity contribution in [2.45, 2.75) is 30.7 Å². The molecule has 17 heavy (non-hydrogen) atoms. The number of phenolic OH excluding ortho intramolecular Hbond substituents is 1. The van der Waals surface area contributed by atoms with Gasteiger partial charge in [-0.2, -0.15) is 0 Å². The van der Waals surface area contributed by atoms with Crippen LogP contribution >= 0.6 is 0 Å². The third-order valence-electron chi connectivity index (χ3n) is 4.34. The zero-order valence-corrected chi connectivity index (χ0v) is 9.93. The molecule has 1 aromatic rings. The summed E-state index contributed by atoms with van der Waals surface area (Å²) >= 11 is 0. The van der Waals surface area contributed by atoms with Crippen LogP contribution in [0.3, 0.4) is 0 Å². The van der Waals surface area contributed by atoms with E-state index < -0.39 is 0 Å². The summed E-state index contributed by atoms with van der Waals surface area (Å²) in [6.45, 7) is 1.66. The molecule has 1 aliphatic carbocycles. The molecular weight excluding hydrogens is 214 g/mol. The maximum atomic E-state index is 9.87. The SMILES string of the molecule is NC1(C2CCOCC2)CC1c1ccccc1O. The summed E-state index contributed by atoms with van der Waals surface area (Å²) in [6, 6.07) is 7.57. The van der Waals surface area contributed by atoms with Gasteiger partial charge in [-0.1, -0.05) is 18.2 Å². The van der Waals surface area contributed by atoms with Crippen molar-refractivity contribution in [2.24, 2.45) is 11.7 Å². The summed E-state index contributed by atoms with van der Waals surface area (Å²) in [4.78, 5) is 0. The van der Waals surface area contributed by atoms with E-state index in [1.165, 1.54) is 0 Å². The lowest BCUT2D eigenvalue weighted by molar-refractivity contribution is 0.0544. The van der Waals surface area contributed by atoms with E-state index in [0.717, 1.165) is 38.0 Å². The van der Waals surface area contributed by atoms with Crippen molar-refractivity contribution in [3.63, 3.8) is 0 Å². The number of phenols is 1. The van der Waals surface area contributed by atoms with Gasteiger partial charge in [-0.3, -0.25) is 0 Å². The van der Waals surface area contributed by atoms with E-state index >= 15 is 0 Å². The molecule has 92 valence electrons. The Morgan fingerprint density at radius 3 is 2.65 bits per heavy atom. The lowest BCUT2D eigenvalue weighted by Gasteiger charge is -2.28. The summed E-state index contributed by atoms with van der Waals surface area (Å²) in [5.74, 6) is 1.25. The Bertz CT molecular complexity index is 414. The lowest BCUT2D eigenvalue weighted by atomic mass is 9.87.